The molecule has 1 fully saturated rings. The Balaban J connectivity index is 0.00000353. The van der Waals surface area contributed by atoms with Gasteiger partial charge in [-0.1, -0.05) is 0 Å². The van der Waals surface area contributed by atoms with Crippen LogP contribution in [0.2, 0.25) is 0 Å². The molecule has 5 N–H and O–H groups in total. The van der Waals surface area contributed by atoms with Crippen molar-refractivity contribution < 1.29 is 72.9 Å². The monoisotopic (exact) mass is 577 g/mol. The predicted octanol–water partition coefficient (Wildman–Crippen LogP) is -4.91. The molecule has 206 valence electrons. The minimum atomic E-state index is -4.78. The molecule has 19 heteroatoms. The number of rotatable bonds is 8. The zero-order chi connectivity index (χ0) is 27.2. The van der Waals surface area contributed by atoms with Crippen LogP contribution in [0.3, 0.4) is 0 Å². The van der Waals surface area contributed by atoms with Crippen LogP contribution in [-0.4, -0.2) is 81.8 Å². The molecule has 39 heavy (non-hydrogen) atoms. The maximum Gasteiger partial charge on any atom is 1.00 e. The van der Waals surface area contributed by atoms with Gasteiger partial charge in [0.25, 0.3) is 0 Å². The number of nitrogen functional groups attached to an aromatic ring is 1. The fourth-order valence-corrected chi connectivity index (χ4v) is 5.48. The minimum Gasteiger partial charge on any atom is -0.858 e. The van der Waals surface area contributed by atoms with E-state index in [1.807, 2.05) is 0 Å². The number of aliphatic hydroxyl groups excluding tert-OH is 2. The summed E-state index contributed by atoms with van der Waals surface area (Å²) >= 11 is 0. The van der Waals surface area contributed by atoms with E-state index in [2.05, 4.69) is 19.9 Å². The Morgan fingerprint density at radius 2 is 2.10 bits per heavy atom. The van der Waals surface area contributed by atoms with Gasteiger partial charge in [-0.15, -0.1) is 0 Å². The van der Waals surface area contributed by atoms with Gasteiger partial charge in [-0.25, -0.2) is 29.3 Å². The third-order valence-electron chi connectivity index (χ3n) is 6.60. The van der Waals surface area contributed by atoms with Crippen molar-refractivity contribution in [3.63, 3.8) is 0 Å². The average molecular weight is 577 g/mol. The Bertz CT molecular complexity index is 1470. The molecular weight excluding hydrogens is 552 g/mol. The molecule has 5 atom stereocenters. The van der Waals surface area contributed by atoms with Gasteiger partial charge in [0.15, 0.2) is 11.5 Å². The number of ether oxygens (including phenoxy) is 2. The second-order valence-electron chi connectivity index (χ2n) is 9.01. The number of anilines is 1. The first-order chi connectivity index (χ1) is 18.1. The van der Waals surface area contributed by atoms with Gasteiger partial charge >= 0.3 is 43.1 Å². The molecule has 1 unspecified atom stereocenters. The Morgan fingerprint density at radius 3 is 2.82 bits per heavy atom. The summed E-state index contributed by atoms with van der Waals surface area (Å²) in [5.41, 5.74) is 4.66. The van der Waals surface area contributed by atoms with Crippen LogP contribution in [0.4, 0.5) is 5.82 Å². The van der Waals surface area contributed by atoms with Crippen LogP contribution < -0.4 is 46.1 Å². The Kier molecular flexibility index (Phi) is 8.80. The molecular formula is C20H25N7NaO10P. The number of aromatic nitrogens is 6. The number of phosphoric ester groups is 1. The van der Waals surface area contributed by atoms with Crippen molar-refractivity contribution in [1.29, 1.82) is 0 Å². The molecule has 0 saturated carbocycles. The molecule has 0 radical (unpaired) electrons. The SMILES string of the molecule is Cc1c([O-])nc(=O)n2c1C[C@@](CO)(COP(=O)(O)O[C@H]1C[C@H](n3cnc4c(N)ncnc43)O[C@@H]1CO)OC2.[Na+]. The standard InChI is InChI=1S/C20H26N7O10P.Na/c1-10-11-3-20(5-29,34-9-27(11)19(31)25-18(10)30)6-35-38(32,33)37-12-2-14(36-13(12)4-28)26-8-24-15-16(21)22-7-23-17(15)26;/h7-8,12-14,28-29H,2-6,9H2,1H3,(H,32,33)(H2,21,22,23)(H,25,30,31);/q;+1/p-1/t12-,13+,14+,20+;/m0./s1. The second kappa shape index (κ2) is 11.5. The summed E-state index contributed by atoms with van der Waals surface area (Å²) in [6.07, 6.45) is -0.249. The summed E-state index contributed by atoms with van der Waals surface area (Å²) in [6, 6.07) is 0. The summed E-state index contributed by atoms with van der Waals surface area (Å²) < 4.78 is 37.5. The molecule has 0 bridgehead atoms. The van der Waals surface area contributed by atoms with E-state index in [4.69, 9.17) is 24.3 Å². The molecule has 0 amide bonds. The summed E-state index contributed by atoms with van der Waals surface area (Å²) in [4.78, 5) is 38.1. The summed E-state index contributed by atoms with van der Waals surface area (Å²) in [7, 11) is -4.78. The van der Waals surface area contributed by atoms with Crippen LogP contribution in [0.15, 0.2) is 17.4 Å². The first-order valence-electron chi connectivity index (χ1n) is 11.4. The molecule has 0 aliphatic carbocycles. The van der Waals surface area contributed by atoms with E-state index in [9.17, 15) is 29.6 Å². The van der Waals surface area contributed by atoms with Crippen molar-refractivity contribution in [3.8, 4) is 5.88 Å². The Hall–Kier alpha value is -2.02. The number of imidazole rings is 1. The smallest absolute Gasteiger partial charge is 0.858 e. The third kappa shape index (κ3) is 5.75. The number of fused-ring (bicyclic) bond motifs is 2. The van der Waals surface area contributed by atoms with E-state index in [1.54, 1.807) is 4.57 Å². The summed E-state index contributed by atoms with van der Waals surface area (Å²) in [5.74, 6) is -0.544. The topological polar surface area (TPSA) is 242 Å². The fourth-order valence-electron chi connectivity index (χ4n) is 4.46. The maximum atomic E-state index is 12.9. The molecule has 3 aromatic rings. The van der Waals surface area contributed by atoms with Crippen molar-refractivity contribution in [1.82, 2.24) is 29.1 Å². The van der Waals surface area contributed by atoms with E-state index in [1.165, 1.54) is 19.6 Å². The van der Waals surface area contributed by atoms with E-state index in [-0.39, 0.29) is 66.2 Å². The molecule has 17 nitrogen and oxygen atoms in total. The van der Waals surface area contributed by atoms with E-state index in [0.29, 0.717) is 11.2 Å². The number of nitrogens with zero attached hydrogens (tertiary/aromatic N) is 6. The van der Waals surface area contributed by atoms with E-state index < -0.39 is 63.2 Å². The van der Waals surface area contributed by atoms with Gasteiger partial charge in [-0.2, -0.15) is 0 Å². The van der Waals surface area contributed by atoms with Crippen molar-refractivity contribution >= 4 is 24.8 Å². The number of aliphatic hydroxyl groups is 2. The minimum absolute atomic E-state index is 0. The first-order valence-corrected chi connectivity index (χ1v) is 12.9. The third-order valence-corrected chi connectivity index (χ3v) is 7.59. The van der Waals surface area contributed by atoms with E-state index >= 15 is 0 Å². The quantitative estimate of drug-likeness (QED) is 0.145. The largest absolute Gasteiger partial charge is 1.00 e. The van der Waals surface area contributed by atoms with Crippen LogP contribution in [0, 0.1) is 6.92 Å². The van der Waals surface area contributed by atoms with Crippen LogP contribution in [0.5, 0.6) is 5.88 Å². The van der Waals surface area contributed by atoms with Gasteiger partial charge in [-0.05, 0) is 18.4 Å². The normalized spacial score (nSPS) is 26.2. The zero-order valence-electron chi connectivity index (χ0n) is 21.0. The zero-order valence-corrected chi connectivity index (χ0v) is 23.9. The summed E-state index contributed by atoms with van der Waals surface area (Å²) in [6.45, 7) is -0.649. The van der Waals surface area contributed by atoms with Crippen LogP contribution in [0.25, 0.3) is 11.2 Å². The Labute approximate surface area is 242 Å². The number of phosphoric acid groups is 1. The maximum absolute atomic E-state index is 12.9. The number of hydrogen-bond donors (Lipinski definition) is 4. The predicted molar refractivity (Wildman–Crippen MR) is 123 cm³/mol. The van der Waals surface area contributed by atoms with Crippen LogP contribution in [-0.2, 0) is 36.2 Å². The van der Waals surface area contributed by atoms with Gasteiger partial charge in [0, 0.05) is 18.5 Å². The molecule has 5 heterocycles. The second-order valence-corrected chi connectivity index (χ2v) is 10.4. The fraction of sp³-hybridized carbons (Fsp3) is 0.550. The van der Waals surface area contributed by atoms with Crippen molar-refractivity contribution in [3.05, 3.63) is 34.4 Å². The first kappa shape index (κ1) is 30.0. The van der Waals surface area contributed by atoms with Gasteiger partial charge in [0.2, 0.25) is 0 Å². The van der Waals surface area contributed by atoms with Crippen molar-refractivity contribution in [2.75, 3.05) is 25.6 Å². The summed E-state index contributed by atoms with van der Waals surface area (Å²) in [5, 5.41) is 31.8. The van der Waals surface area contributed by atoms with Crippen LogP contribution in [0.1, 0.15) is 23.9 Å². The molecule has 2 aliphatic heterocycles. The van der Waals surface area contributed by atoms with Gasteiger partial charge < -0.3 is 35.4 Å². The van der Waals surface area contributed by atoms with Gasteiger partial charge in [0.1, 0.15) is 42.6 Å². The number of hydrogen-bond acceptors (Lipinski definition) is 14. The van der Waals surface area contributed by atoms with Gasteiger partial charge in [0.05, 0.1) is 26.1 Å². The molecule has 2 aliphatic rings. The molecule has 3 aromatic heterocycles. The van der Waals surface area contributed by atoms with Gasteiger partial charge in [-0.3, -0.25) is 18.2 Å². The van der Waals surface area contributed by atoms with E-state index in [0.717, 1.165) is 4.57 Å². The molecule has 0 aromatic carbocycles. The van der Waals surface area contributed by atoms with Crippen molar-refractivity contribution in [2.45, 2.75) is 50.5 Å². The Morgan fingerprint density at radius 1 is 1.33 bits per heavy atom. The number of nitrogens with two attached hydrogens (primary N) is 1. The molecule has 1 saturated heterocycles. The van der Waals surface area contributed by atoms with Crippen molar-refractivity contribution in [2.24, 2.45) is 0 Å². The average Bonchev–Trinajstić information content (AvgIpc) is 3.50. The molecule has 5 rings (SSSR count). The molecule has 0 spiro atoms. The van der Waals surface area contributed by atoms with Crippen LogP contribution >= 0.6 is 7.82 Å².